The highest BCUT2D eigenvalue weighted by atomic mass is 16.3. The molecule has 4 atom stereocenters. The fourth-order valence-electron chi connectivity index (χ4n) is 3.23. The Kier molecular flexibility index (Phi) is 7.98. The number of benzene rings is 2. The van der Waals surface area contributed by atoms with Crippen LogP contribution in [0.4, 0.5) is 0 Å². The molecule has 2 aromatic carbocycles. The third-order valence-corrected chi connectivity index (χ3v) is 4.90. The maximum absolute atomic E-state index is 12.9. The Morgan fingerprint density at radius 2 is 1.52 bits per heavy atom. The Hall–Kier alpha value is -2.21. The van der Waals surface area contributed by atoms with Crippen molar-refractivity contribution in [2.75, 3.05) is 7.05 Å². The molecule has 1 amide bonds. The first-order chi connectivity index (χ1) is 13.0. The quantitative estimate of drug-likeness (QED) is 0.633. The summed E-state index contributed by atoms with van der Waals surface area (Å²) < 4.78 is 0. The SMILES string of the molecule is CCCC[C@@H](O)[C@H](N)C(=O)N(C)C(c1ccccc1)[C@H](O)c1ccccc1. The number of likely N-dealkylation sites (N-methyl/N-ethyl adjacent to an activating group) is 1. The van der Waals surface area contributed by atoms with Gasteiger partial charge in [-0.2, -0.15) is 0 Å². The molecule has 4 N–H and O–H groups in total. The minimum absolute atomic E-state index is 0.387. The van der Waals surface area contributed by atoms with Crippen LogP contribution < -0.4 is 5.73 Å². The van der Waals surface area contributed by atoms with Crippen LogP contribution in [0.25, 0.3) is 0 Å². The average molecular weight is 370 g/mol. The van der Waals surface area contributed by atoms with E-state index in [0.29, 0.717) is 12.0 Å². The smallest absolute Gasteiger partial charge is 0.242 e. The number of aliphatic hydroxyl groups excluding tert-OH is 2. The molecule has 0 radical (unpaired) electrons. The van der Waals surface area contributed by atoms with Crippen molar-refractivity contribution in [2.24, 2.45) is 5.73 Å². The first-order valence-electron chi connectivity index (χ1n) is 9.45. The van der Waals surface area contributed by atoms with Crippen LogP contribution >= 0.6 is 0 Å². The zero-order chi connectivity index (χ0) is 19.8. The molecule has 0 bridgehead atoms. The van der Waals surface area contributed by atoms with Gasteiger partial charge in [-0.05, 0) is 17.5 Å². The first-order valence-corrected chi connectivity index (χ1v) is 9.45. The Morgan fingerprint density at radius 1 is 1.00 bits per heavy atom. The van der Waals surface area contributed by atoms with Crippen molar-refractivity contribution >= 4 is 5.91 Å². The van der Waals surface area contributed by atoms with E-state index in [-0.39, 0.29) is 5.91 Å². The molecule has 0 aliphatic heterocycles. The Morgan fingerprint density at radius 3 is 2.04 bits per heavy atom. The second-order valence-electron chi connectivity index (χ2n) is 6.90. The number of hydrogen-bond acceptors (Lipinski definition) is 4. The van der Waals surface area contributed by atoms with Crippen molar-refractivity contribution in [2.45, 2.75) is 50.5 Å². The normalized spacial score (nSPS) is 15.6. The van der Waals surface area contributed by atoms with Gasteiger partial charge in [-0.1, -0.05) is 80.4 Å². The molecule has 0 saturated heterocycles. The summed E-state index contributed by atoms with van der Waals surface area (Å²) in [6, 6.07) is 17.0. The number of nitrogens with zero attached hydrogens (tertiary/aromatic N) is 1. The molecule has 0 aromatic heterocycles. The van der Waals surface area contributed by atoms with Crippen molar-refractivity contribution in [1.82, 2.24) is 4.90 Å². The molecule has 2 rings (SSSR count). The maximum atomic E-state index is 12.9. The second-order valence-corrected chi connectivity index (χ2v) is 6.90. The molecule has 5 nitrogen and oxygen atoms in total. The van der Waals surface area contributed by atoms with E-state index >= 15 is 0 Å². The molecular weight excluding hydrogens is 340 g/mol. The number of nitrogens with two attached hydrogens (primary N) is 1. The molecule has 2 aromatic rings. The van der Waals surface area contributed by atoms with Crippen molar-refractivity contribution < 1.29 is 15.0 Å². The summed E-state index contributed by atoms with van der Waals surface area (Å²) in [7, 11) is 1.62. The van der Waals surface area contributed by atoms with Gasteiger partial charge in [0.15, 0.2) is 0 Å². The van der Waals surface area contributed by atoms with Crippen LogP contribution in [-0.2, 0) is 4.79 Å². The summed E-state index contributed by atoms with van der Waals surface area (Å²) in [4.78, 5) is 14.4. The summed E-state index contributed by atoms with van der Waals surface area (Å²) in [5.41, 5.74) is 7.55. The van der Waals surface area contributed by atoms with E-state index in [1.54, 1.807) is 7.05 Å². The largest absolute Gasteiger partial charge is 0.391 e. The lowest BCUT2D eigenvalue weighted by atomic mass is 9.93. The van der Waals surface area contributed by atoms with E-state index in [4.69, 9.17) is 5.73 Å². The summed E-state index contributed by atoms with van der Waals surface area (Å²) in [5.74, 6) is -0.387. The number of unbranched alkanes of at least 4 members (excludes halogenated alkanes) is 1. The zero-order valence-electron chi connectivity index (χ0n) is 16.0. The molecule has 0 heterocycles. The van der Waals surface area contributed by atoms with Gasteiger partial charge in [0.05, 0.1) is 12.1 Å². The molecular formula is C22H30N2O3. The Balaban J connectivity index is 2.28. The van der Waals surface area contributed by atoms with Gasteiger partial charge in [-0.15, -0.1) is 0 Å². The lowest BCUT2D eigenvalue weighted by Crippen LogP contribution is -2.50. The first kappa shape index (κ1) is 21.1. The highest BCUT2D eigenvalue weighted by molar-refractivity contribution is 5.82. The summed E-state index contributed by atoms with van der Waals surface area (Å²) in [5, 5.41) is 21.3. The van der Waals surface area contributed by atoms with Crippen LogP contribution in [0.3, 0.4) is 0 Å². The van der Waals surface area contributed by atoms with Crippen molar-refractivity contribution in [3.8, 4) is 0 Å². The van der Waals surface area contributed by atoms with Gasteiger partial charge in [-0.3, -0.25) is 4.79 Å². The molecule has 5 heteroatoms. The molecule has 0 saturated carbocycles. The summed E-state index contributed by atoms with van der Waals surface area (Å²) in [6.45, 7) is 2.02. The third-order valence-electron chi connectivity index (χ3n) is 4.90. The average Bonchev–Trinajstić information content (AvgIpc) is 2.72. The number of rotatable bonds is 9. The molecule has 0 spiro atoms. The van der Waals surface area contributed by atoms with E-state index < -0.39 is 24.3 Å². The standard InChI is InChI=1S/C22H30N2O3/c1-3-4-15-18(25)19(23)22(27)24(2)20(16-11-7-5-8-12-16)21(26)17-13-9-6-10-14-17/h5-14,18-21,25-26H,3-4,15,23H2,1-2H3/t18-,19+,20?,21-/m1/s1. The highest BCUT2D eigenvalue weighted by Gasteiger charge is 2.34. The lowest BCUT2D eigenvalue weighted by molar-refractivity contribution is -0.138. The van der Waals surface area contributed by atoms with Crippen LogP contribution in [0.1, 0.15) is 49.5 Å². The Bertz CT molecular complexity index is 693. The second kappa shape index (κ2) is 10.2. The predicted molar refractivity (Wildman–Crippen MR) is 107 cm³/mol. The molecule has 27 heavy (non-hydrogen) atoms. The van der Waals surface area contributed by atoms with Gasteiger partial charge >= 0.3 is 0 Å². The number of carbonyl (C=O) groups is 1. The summed E-state index contributed by atoms with van der Waals surface area (Å²) in [6.07, 6.45) is 0.398. The highest BCUT2D eigenvalue weighted by Crippen LogP contribution is 2.33. The van der Waals surface area contributed by atoms with E-state index in [2.05, 4.69) is 0 Å². The van der Waals surface area contributed by atoms with Gasteiger partial charge in [0.2, 0.25) is 5.91 Å². The minimum Gasteiger partial charge on any atom is -0.391 e. The maximum Gasteiger partial charge on any atom is 0.242 e. The number of amides is 1. The number of carbonyl (C=O) groups excluding carboxylic acids is 1. The monoisotopic (exact) mass is 370 g/mol. The van der Waals surface area contributed by atoms with Crippen molar-refractivity contribution in [3.63, 3.8) is 0 Å². The van der Waals surface area contributed by atoms with Crippen LogP contribution in [0, 0.1) is 0 Å². The number of aliphatic hydroxyl groups is 2. The lowest BCUT2D eigenvalue weighted by Gasteiger charge is -2.35. The van der Waals surface area contributed by atoms with E-state index in [9.17, 15) is 15.0 Å². The van der Waals surface area contributed by atoms with Gasteiger partial charge in [0.1, 0.15) is 12.1 Å². The van der Waals surface area contributed by atoms with Gasteiger partial charge in [0, 0.05) is 7.05 Å². The summed E-state index contributed by atoms with van der Waals surface area (Å²) >= 11 is 0. The molecule has 1 unspecified atom stereocenters. The van der Waals surface area contributed by atoms with Gasteiger partial charge in [-0.25, -0.2) is 0 Å². The number of hydrogen-bond donors (Lipinski definition) is 3. The van der Waals surface area contributed by atoms with Gasteiger partial charge < -0.3 is 20.8 Å². The van der Waals surface area contributed by atoms with Crippen LogP contribution in [-0.4, -0.2) is 40.2 Å². The van der Waals surface area contributed by atoms with Crippen LogP contribution in [0.15, 0.2) is 60.7 Å². The molecule has 0 aliphatic carbocycles. The van der Waals surface area contributed by atoms with Gasteiger partial charge in [0.25, 0.3) is 0 Å². The molecule has 0 fully saturated rings. The van der Waals surface area contributed by atoms with Crippen molar-refractivity contribution in [3.05, 3.63) is 71.8 Å². The van der Waals surface area contributed by atoms with E-state index in [0.717, 1.165) is 18.4 Å². The molecule has 146 valence electrons. The van der Waals surface area contributed by atoms with Crippen molar-refractivity contribution in [1.29, 1.82) is 0 Å². The molecule has 0 aliphatic rings. The fourth-order valence-corrected chi connectivity index (χ4v) is 3.23. The third kappa shape index (κ3) is 5.39. The predicted octanol–water partition coefficient (Wildman–Crippen LogP) is 2.80. The van der Waals surface area contributed by atoms with Crippen LogP contribution in [0.2, 0.25) is 0 Å². The van der Waals surface area contributed by atoms with E-state index in [1.165, 1.54) is 4.90 Å². The van der Waals surface area contributed by atoms with E-state index in [1.807, 2.05) is 67.6 Å². The minimum atomic E-state index is -1.02. The zero-order valence-corrected chi connectivity index (χ0v) is 16.0. The van der Waals surface area contributed by atoms with Crippen LogP contribution in [0.5, 0.6) is 0 Å². The fraction of sp³-hybridized carbons (Fsp3) is 0.409. The Labute approximate surface area is 161 Å². The topological polar surface area (TPSA) is 86.8 Å².